The summed E-state index contributed by atoms with van der Waals surface area (Å²) < 4.78 is 11.1. The van der Waals surface area contributed by atoms with E-state index in [1.165, 1.54) is 0 Å². The molecular formula is C21H20N2O5. The zero-order valence-electron chi connectivity index (χ0n) is 15.1. The molecule has 2 atom stereocenters. The SMILES string of the molecule is O=C(C[C@@H]1Oc2ccccc2NC1=O)O[C@@H](C(=O)NC1CC1)c1ccccc1. The molecule has 0 radical (unpaired) electrons. The fourth-order valence-corrected chi connectivity index (χ4v) is 2.96. The van der Waals surface area contributed by atoms with Gasteiger partial charge in [-0.25, -0.2) is 0 Å². The van der Waals surface area contributed by atoms with Gasteiger partial charge in [0.2, 0.25) is 6.10 Å². The summed E-state index contributed by atoms with van der Waals surface area (Å²) in [5.74, 6) is -0.971. The van der Waals surface area contributed by atoms with Gasteiger partial charge in [-0.3, -0.25) is 14.4 Å². The summed E-state index contributed by atoms with van der Waals surface area (Å²) >= 11 is 0. The Labute approximate surface area is 162 Å². The molecule has 2 N–H and O–H groups in total. The Morgan fingerprint density at radius 2 is 1.82 bits per heavy atom. The molecule has 0 bridgehead atoms. The minimum absolute atomic E-state index is 0.140. The number of nitrogens with one attached hydrogen (secondary N) is 2. The zero-order chi connectivity index (χ0) is 19.5. The molecule has 1 aliphatic heterocycles. The van der Waals surface area contributed by atoms with Crippen molar-refractivity contribution in [2.45, 2.75) is 37.5 Å². The lowest BCUT2D eigenvalue weighted by molar-refractivity contribution is -0.159. The summed E-state index contributed by atoms with van der Waals surface area (Å²) in [5.41, 5.74) is 1.14. The van der Waals surface area contributed by atoms with Crippen LogP contribution in [0.1, 0.15) is 30.9 Å². The summed E-state index contributed by atoms with van der Waals surface area (Å²) in [7, 11) is 0. The van der Waals surface area contributed by atoms with E-state index in [1.807, 2.05) is 6.07 Å². The van der Waals surface area contributed by atoms with Crippen molar-refractivity contribution in [1.82, 2.24) is 5.32 Å². The van der Waals surface area contributed by atoms with Gasteiger partial charge in [0.1, 0.15) is 5.75 Å². The molecule has 7 nitrogen and oxygen atoms in total. The van der Waals surface area contributed by atoms with Gasteiger partial charge in [0.15, 0.2) is 6.10 Å². The summed E-state index contributed by atoms with van der Waals surface area (Å²) in [6.45, 7) is 0. The maximum absolute atomic E-state index is 12.6. The van der Waals surface area contributed by atoms with Gasteiger partial charge in [-0.15, -0.1) is 0 Å². The number of rotatable bonds is 6. The Morgan fingerprint density at radius 3 is 2.57 bits per heavy atom. The smallest absolute Gasteiger partial charge is 0.311 e. The van der Waals surface area contributed by atoms with Crippen LogP contribution in [0.15, 0.2) is 54.6 Å². The van der Waals surface area contributed by atoms with Crippen LogP contribution in [0.2, 0.25) is 0 Å². The van der Waals surface area contributed by atoms with Crippen molar-refractivity contribution in [1.29, 1.82) is 0 Å². The van der Waals surface area contributed by atoms with E-state index in [0.717, 1.165) is 12.8 Å². The highest BCUT2D eigenvalue weighted by Crippen LogP contribution is 2.30. The first-order chi connectivity index (χ1) is 13.6. The molecule has 2 amide bonds. The van der Waals surface area contributed by atoms with Crippen molar-refractivity contribution in [3.8, 4) is 5.75 Å². The molecule has 0 saturated heterocycles. The van der Waals surface area contributed by atoms with Crippen LogP contribution in [-0.2, 0) is 19.1 Å². The average molecular weight is 380 g/mol. The van der Waals surface area contributed by atoms with Crippen LogP contribution in [-0.4, -0.2) is 29.9 Å². The molecule has 2 aromatic rings. The van der Waals surface area contributed by atoms with Crippen molar-refractivity contribution < 1.29 is 23.9 Å². The Hall–Kier alpha value is -3.35. The predicted octanol–water partition coefficient (Wildman–Crippen LogP) is 2.34. The van der Waals surface area contributed by atoms with E-state index in [4.69, 9.17) is 9.47 Å². The highest BCUT2D eigenvalue weighted by atomic mass is 16.6. The maximum atomic E-state index is 12.6. The highest BCUT2D eigenvalue weighted by Gasteiger charge is 2.34. The molecule has 1 fully saturated rings. The zero-order valence-corrected chi connectivity index (χ0v) is 15.1. The molecular weight excluding hydrogens is 360 g/mol. The highest BCUT2D eigenvalue weighted by molar-refractivity contribution is 5.99. The Balaban J connectivity index is 1.44. The minimum Gasteiger partial charge on any atom is -0.478 e. The number of carbonyl (C=O) groups excluding carboxylic acids is 3. The van der Waals surface area contributed by atoms with Crippen molar-refractivity contribution in [3.05, 3.63) is 60.2 Å². The van der Waals surface area contributed by atoms with Gasteiger partial charge in [0.05, 0.1) is 12.1 Å². The van der Waals surface area contributed by atoms with Crippen LogP contribution in [0.4, 0.5) is 5.69 Å². The lowest BCUT2D eigenvalue weighted by Gasteiger charge is -2.26. The van der Waals surface area contributed by atoms with Gasteiger partial charge < -0.3 is 20.1 Å². The van der Waals surface area contributed by atoms with Gasteiger partial charge in [0.25, 0.3) is 11.8 Å². The monoisotopic (exact) mass is 380 g/mol. The number of ether oxygens (including phenoxy) is 2. The molecule has 0 aromatic heterocycles. The summed E-state index contributed by atoms with van der Waals surface area (Å²) in [6.07, 6.45) is -0.508. The Kier molecular flexibility index (Phi) is 4.97. The second-order valence-corrected chi connectivity index (χ2v) is 6.86. The molecule has 2 aliphatic rings. The maximum Gasteiger partial charge on any atom is 0.311 e. The van der Waals surface area contributed by atoms with Gasteiger partial charge in [-0.05, 0) is 25.0 Å². The number of amides is 2. The minimum atomic E-state index is -1.06. The van der Waals surface area contributed by atoms with Crippen molar-refractivity contribution in [3.63, 3.8) is 0 Å². The quantitative estimate of drug-likeness (QED) is 0.751. The van der Waals surface area contributed by atoms with Crippen LogP contribution in [0.3, 0.4) is 0 Å². The first-order valence-electron chi connectivity index (χ1n) is 9.21. The third-order valence-corrected chi connectivity index (χ3v) is 4.57. The average Bonchev–Trinajstić information content (AvgIpc) is 3.51. The first kappa shape index (κ1) is 18.0. The largest absolute Gasteiger partial charge is 0.478 e. The Bertz CT molecular complexity index is 895. The molecule has 0 spiro atoms. The van der Waals surface area contributed by atoms with E-state index >= 15 is 0 Å². The predicted molar refractivity (Wildman–Crippen MR) is 101 cm³/mol. The second kappa shape index (κ2) is 7.72. The normalized spacial score (nSPS) is 18.9. The van der Waals surface area contributed by atoms with Crippen molar-refractivity contribution in [2.24, 2.45) is 0 Å². The van der Waals surface area contributed by atoms with E-state index in [2.05, 4.69) is 10.6 Å². The number of para-hydroxylation sites is 2. The van der Waals surface area contributed by atoms with Crippen LogP contribution in [0.25, 0.3) is 0 Å². The molecule has 1 aliphatic carbocycles. The molecule has 2 aromatic carbocycles. The fourth-order valence-electron chi connectivity index (χ4n) is 2.96. The van der Waals surface area contributed by atoms with E-state index < -0.39 is 24.1 Å². The molecule has 7 heteroatoms. The van der Waals surface area contributed by atoms with E-state index in [9.17, 15) is 14.4 Å². The lowest BCUT2D eigenvalue weighted by Crippen LogP contribution is -2.40. The number of carbonyl (C=O) groups is 3. The lowest BCUT2D eigenvalue weighted by atomic mass is 10.1. The van der Waals surface area contributed by atoms with Gasteiger partial charge >= 0.3 is 5.97 Å². The summed E-state index contributed by atoms with van der Waals surface area (Å²) in [6, 6.07) is 15.9. The molecule has 0 unspecified atom stereocenters. The third-order valence-electron chi connectivity index (χ3n) is 4.57. The summed E-state index contributed by atoms with van der Waals surface area (Å²) in [4.78, 5) is 37.3. The topological polar surface area (TPSA) is 93.7 Å². The van der Waals surface area contributed by atoms with E-state index in [1.54, 1.807) is 48.5 Å². The molecule has 28 heavy (non-hydrogen) atoms. The van der Waals surface area contributed by atoms with Crippen LogP contribution in [0, 0.1) is 0 Å². The van der Waals surface area contributed by atoms with E-state index in [0.29, 0.717) is 17.0 Å². The molecule has 4 rings (SSSR count). The van der Waals surface area contributed by atoms with Crippen LogP contribution >= 0.6 is 0 Å². The molecule has 1 heterocycles. The Morgan fingerprint density at radius 1 is 1.11 bits per heavy atom. The van der Waals surface area contributed by atoms with Crippen molar-refractivity contribution in [2.75, 3.05) is 5.32 Å². The fraction of sp³-hybridized carbons (Fsp3) is 0.286. The van der Waals surface area contributed by atoms with Gasteiger partial charge in [0, 0.05) is 11.6 Å². The number of hydrogen-bond donors (Lipinski definition) is 2. The summed E-state index contributed by atoms with van der Waals surface area (Å²) in [5, 5.41) is 5.56. The van der Waals surface area contributed by atoms with Crippen LogP contribution in [0.5, 0.6) is 5.75 Å². The van der Waals surface area contributed by atoms with Gasteiger partial charge in [-0.1, -0.05) is 42.5 Å². The number of esters is 1. The first-order valence-corrected chi connectivity index (χ1v) is 9.21. The standard InChI is InChI=1S/C21H20N2O5/c24-18(12-17-20(25)23-15-8-4-5-9-16(15)27-17)28-19(13-6-2-1-3-7-13)21(26)22-14-10-11-14/h1-9,14,17,19H,10-12H2,(H,22,26)(H,23,25)/t17-,19+/m0/s1. The number of benzene rings is 2. The number of fused-ring (bicyclic) bond motifs is 1. The number of anilines is 1. The molecule has 1 saturated carbocycles. The molecule has 144 valence electrons. The van der Waals surface area contributed by atoms with E-state index in [-0.39, 0.29) is 18.4 Å². The van der Waals surface area contributed by atoms with Crippen molar-refractivity contribution >= 4 is 23.5 Å². The second-order valence-electron chi connectivity index (χ2n) is 6.86. The van der Waals surface area contributed by atoms with Crippen LogP contribution < -0.4 is 15.4 Å². The third kappa shape index (κ3) is 4.14. The van der Waals surface area contributed by atoms with Gasteiger partial charge in [-0.2, -0.15) is 0 Å². The number of hydrogen-bond acceptors (Lipinski definition) is 5.